The lowest BCUT2D eigenvalue weighted by atomic mass is 9.83. The molecule has 0 N–H and O–H groups in total. The Morgan fingerprint density at radius 3 is 2.06 bits per heavy atom. The molecule has 0 atom stereocenters. The summed E-state index contributed by atoms with van der Waals surface area (Å²) in [6.45, 7) is 4.50. The van der Waals surface area contributed by atoms with E-state index in [0.29, 0.717) is 6.61 Å². The van der Waals surface area contributed by atoms with Crippen LogP contribution in [0.3, 0.4) is 0 Å². The summed E-state index contributed by atoms with van der Waals surface area (Å²) in [6, 6.07) is 0. The lowest BCUT2D eigenvalue weighted by Gasteiger charge is -2.31. The van der Waals surface area contributed by atoms with Gasteiger partial charge in [-0.1, -0.05) is 42.6 Å². The van der Waals surface area contributed by atoms with E-state index in [1.165, 1.54) is 7.11 Å². The topological polar surface area (TPSA) is 43.4 Å². The normalized spacial score (nSPS) is 12.9. The van der Waals surface area contributed by atoms with E-state index in [1.807, 2.05) is 0 Å². The molecule has 0 fully saturated rings. The van der Waals surface area contributed by atoms with Crippen LogP contribution in [0.15, 0.2) is 0 Å². The molecule has 0 aromatic carbocycles. The van der Waals surface area contributed by atoms with E-state index in [-0.39, 0.29) is 16.9 Å². The molecule has 0 saturated heterocycles. The Morgan fingerprint density at radius 1 is 1.18 bits per heavy atom. The van der Waals surface area contributed by atoms with Gasteiger partial charge in [0.05, 0.1) is 18.1 Å². The van der Waals surface area contributed by atoms with Crippen molar-refractivity contribution in [2.75, 3.05) is 30.6 Å². The molecule has 0 aliphatic heterocycles. The fraction of sp³-hybridized carbons (Fsp3) is 1.00. The minimum Gasteiger partial charge on any atom is -0.384 e. The summed E-state index contributed by atoms with van der Waals surface area (Å²) < 4.78 is 28.9. The van der Waals surface area contributed by atoms with Gasteiger partial charge in [0.25, 0.3) is 0 Å². The maximum absolute atomic E-state index is 12.0. The average Bonchev–Trinajstić information content (AvgIpc) is 2.26. The van der Waals surface area contributed by atoms with Gasteiger partial charge in [-0.25, -0.2) is 8.42 Å². The molecule has 0 spiro atoms. The molecule has 104 valence electrons. The van der Waals surface area contributed by atoms with Crippen LogP contribution >= 0.6 is 15.9 Å². The monoisotopic (exact) mass is 328 g/mol. The number of halogens is 1. The zero-order valence-electron chi connectivity index (χ0n) is 11.2. The molecule has 0 amide bonds. The predicted octanol–water partition coefficient (Wildman–Crippen LogP) is 3.03. The van der Waals surface area contributed by atoms with Crippen molar-refractivity contribution in [1.29, 1.82) is 0 Å². The minimum atomic E-state index is -3.01. The molecule has 0 aromatic rings. The highest BCUT2D eigenvalue weighted by atomic mass is 79.9. The van der Waals surface area contributed by atoms with Gasteiger partial charge < -0.3 is 4.74 Å². The summed E-state index contributed by atoms with van der Waals surface area (Å²) in [5, 5.41) is 0.758. The first-order chi connectivity index (χ1) is 7.95. The molecule has 0 aliphatic carbocycles. The first-order valence-corrected chi connectivity index (χ1v) is 9.15. The second-order valence-electron chi connectivity index (χ2n) is 4.72. The minimum absolute atomic E-state index is 0.101. The molecule has 3 nitrogen and oxygen atoms in total. The summed E-state index contributed by atoms with van der Waals surface area (Å²) in [6.07, 6.45) is 3.95. The molecule has 0 radical (unpaired) electrons. The van der Waals surface area contributed by atoms with Gasteiger partial charge in [0, 0.05) is 12.4 Å². The zero-order valence-corrected chi connectivity index (χ0v) is 13.6. The average molecular weight is 329 g/mol. The van der Waals surface area contributed by atoms with Gasteiger partial charge in [0.1, 0.15) is 0 Å². The molecule has 17 heavy (non-hydrogen) atoms. The van der Waals surface area contributed by atoms with E-state index >= 15 is 0 Å². The van der Waals surface area contributed by atoms with Gasteiger partial charge in [-0.2, -0.15) is 0 Å². The van der Waals surface area contributed by atoms with Gasteiger partial charge in [-0.3, -0.25) is 0 Å². The van der Waals surface area contributed by atoms with Gasteiger partial charge >= 0.3 is 0 Å². The molecule has 0 heterocycles. The van der Waals surface area contributed by atoms with Crippen molar-refractivity contribution in [3.8, 4) is 0 Å². The van der Waals surface area contributed by atoms with Crippen LogP contribution in [0, 0.1) is 5.41 Å². The third kappa shape index (κ3) is 6.77. The fourth-order valence-electron chi connectivity index (χ4n) is 2.25. The largest absolute Gasteiger partial charge is 0.384 e. The molecular weight excluding hydrogens is 304 g/mol. The van der Waals surface area contributed by atoms with Crippen molar-refractivity contribution in [3.63, 3.8) is 0 Å². The van der Waals surface area contributed by atoms with Crippen LogP contribution in [0.5, 0.6) is 0 Å². The van der Waals surface area contributed by atoms with Crippen molar-refractivity contribution >= 4 is 25.8 Å². The Kier molecular flexibility index (Phi) is 8.68. The lowest BCUT2D eigenvalue weighted by molar-refractivity contribution is 0.216. The Hall–Kier alpha value is 0.390. The molecule has 5 heteroatoms. The second-order valence-corrected chi connectivity index (χ2v) is 7.46. The third-order valence-electron chi connectivity index (χ3n) is 2.97. The molecule has 0 aromatic heterocycles. The molecule has 0 rings (SSSR count). The summed E-state index contributed by atoms with van der Waals surface area (Å²) >= 11 is 3.50. The number of sulfone groups is 1. The summed E-state index contributed by atoms with van der Waals surface area (Å²) in [7, 11) is -1.48. The molecule has 0 unspecified atom stereocenters. The van der Waals surface area contributed by atoms with E-state index in [9.17, 15) is 8.42 Å². The number of ether oxygens (including phenoxy) is 1. The number of alkyl halides is 1. The second kappa shape index (κ2) is 8.48. The van der Waals surface area contributed by atoms with Crippen LogP contribution in [-0.4, -0.2) is 39.0 Å². The van der Waals surface area contributed by atoms with Crippen LogP contribution in [0.1, 0.15) is 39.5 Å². The van der Waals surface area contributed by atoms with Crippen molar-refractivity contribution in [1.82, 2.24) is 0 Å². The highest BCUT2D eigenvalue weighted by molar-refractivity contribution is 9.09. The summed E-state index contributed by atoms with van der Waals surface area (Å²) in [5.41, 5.74) is -0.101. The molecule has 0 bridgehead atoms. The van der Waals surface area contributed by atoms with Crippen LogP contribution in [0.25, 0.3) is 0 Å². The van der Waals surface area contributed by atoms with E-state index in [1.54, 1.807) is 0 Å². The maximum atomic E-state index is 12.0. The number of rotatable bonds is 10. The highest BCUT2D eigenvalue weighted by Gasteiger charge is 2.32. The fourth-order valence-corrected chi connectivity index (χ4v) is 5.16. The summed E-state index contributed by atoms with van der Waals surface area (Å²) in [4.78, 5) is 0. The molecule has 0 aliphatic rings. The van der Waals surface area contributed by atoms with Gasteiger partial charge in [0.2, 0.25) is 0 Å². The van der Waals surface area contributed by atoms with Gasteiger partial charge in [-0.15, -0.1) is 0 Å². The van der Waals surface area contributed by atoms with E-state index in [4.69, 9.17) is 4.74 Å². The van der Waals surface area contributed by atoms with Crippen LogP contribution in [0.4, 0.5) is 0 Å². The number of methoxy groups -OCH3 is 1. The zero-order chi connectivity index (χ0) is 13.4. The Morgan fingerprint density at radius 2 is 1.71 bits per heavy atom. The Labute approximate surface area is 114 Å². The van der Waals surface area contributed by atoms with Gasteiger partial charge in [-0.05, 0) is 18.3 Å². The number of hydrogen-bond acceptors (Lipinski definition) is 3. The van der Waals surface area contributed by atoms with Crippen LogP contribution in [-0.2, 0) is 14.6 Å². The standard InChI is InChI=1S/C12H25BrO3S/c1-4-6-12(10-13,7-5-2)11-17(14,15)9-8-16-3/h4-11H2,1-3H3. The Balaban J connectivity index is 4.71. The SMILES string of the molecule is CCCC(CBr)(CCC)CS(=O)(=O)CCOC. The van der Waals surface area contributed by atoms with Crippen molar-refractivity contribution in [2.24, 2.45) is 5.41 Å². The predicted molar refractivity (Wildman–Crippen MR) is 76.6 cm³/mol. The van der Waals surface area contributed by atoms with E-state index in [0.717, 1.165) is 31.0 Å². The molecular formula is C12H25BrO3S. The van der Waals surface area contributed by atoms with E-state index in [2.05, 4.69) is 29.8 Å². The quantitative estimate of drug-likeness (QED) is 0.579. The van der Waals surface area contributed by atoms with E-state index < -0.39 is 9.84 Å². The summed E-state index contributed by atoms with van der Waals surface area (Å²) in [5.74, 6) is 0.405. The van der Waals surface area contributed by atoms with Crippen molar-refractivity contribution in [3.05, 3.63) is 0 Å². The highest BCUT2D eigenvalue weighted by Crippen LogP contribution is 2.33. The van der Waals surface area contributed by atoms with Crippen molar-refractivity contribution in [2.45, 2.75) is 39.5 Å². The first-order valence-electron chi connectivity index (χ1n) is 6.20. The van der Waals surface area contributed by atoms with Crippen LogP contribution < -0.4 is 0 Å². The number of hydrogen-bond donors (Lipinski definition) is 0. The Bertz CT molecular complexity index is 282. The first kappa shape index (κ1) is 17.4. The maximum Gasteiger partial charge on any atom is 0.153 e. The smallest absolute Gasteiger partial charge is 0.153 e. The van der Waals surface area contributed by atoms with Crippen molar-refractivity contribution < 1.29 is 13.2 Å². The van der Waals surface area contributed by atoms with Gasteiger partial charge in [0.15, 0.2) is 9.84 Å². The molecule has 0 saturated carbocycles. The lowest BCUT2D eigenvalue weighted by Crippen LogP contribution is -2.33. The van der Waals surface area contributed by atoms with Crippen LogP contribution in [0.2, 0.25) is 0 Å². The third-order valence-corrected chi connectivity index (χ3v) is 6.00.